The number of ether oxygens (including phenoxy) is 4. The fraction of sp³-hybridized carbons (Fsp3) is 0.259. The number of fused-ring (bicyclic) bond motifs is 1. The van der Waals surface area contributed by atoms with Gasteiger partial charge in [-0.1, -0.05) is 12.1 Å². The van der Waals surface area contributed by atoms with Crippen molar-refractivity contribution in [2.24, 2.45) is 0 Å². The lowest BCUT2D eigenvalue weighted by Gasteiger charge is -2.17. The van der Waals surface area contributed by atoms with Crippen LogP contribution in [0.25, 0.3) is 20.8 Å². The number of carbonyl (C=O) groups is 1. The Labute approximate surface area is 208 Å². The van der Waals surface area contributed by atoms with Gasteiger partial charge in [0.05, 0.1) is 42.8 Å². The molecular formula is C27H28N2O5S. The van der Waals surface area contributed by atoms with Gasteiger partial charge in [0.2, 0.25) is 5.75 Å². The molecule has 0 aliphatic rings. The number of nitrogens with one attached hydrogen (secondary N) is 1. The number of amides is 1. The minimum Gasteiger partial charge on any atom is -0.495 e. The molecule has 0 radical (unpaired) electrons. The van der Waals surface area contributed by atoms with Gasteiger partial charge in [-0.05, 0) is 63.2 Å². The van der Waals surface area contributed by atoms with E-state index in [0.717, 1.165) is 20.8 Å². The smallest absolute Gasteiger partial charge is 0.256 e. The van der Waals surface area contributed by atoms with E-state index in [4.69, 9.17) is 23.9 Å². The van der Waals surface area contributed by atoms with Crippen molar-refractivity contribution in [1.82, 2.24) is 4.98 Å². The quantitative estimate of drug-likeness (QED) is 0.275. The predicted octanol–water partition coefficient (Wildman–Crippen LogP) is 6.42. The number of hydrogen-bond donors (Lipinski definition) is 1. The summed E-state index contributed by atoms with van der Waals surface area (Å²) in [7, 11) is 1.57. The molecule has 0 saturated heterocycles. The second kappa shape index (κ2) is 11.1. The van der Waals surface area contributed by atoms with E-state index in [-0.39, 0.29) is 5.91 Å². The van der Waals surface area contributed by atoms with Crippen molar-refractivity contribution in [1.29, 1.82) is 0 Å². The first-order valence-corrected chi connectivity index (χ1v) is 12.3. The number of rotatable bonds is 10. The third kappa shape index (κ3) is 5.33. The number of thiazole rings is 1. The van der Waals surface area contributed by atoms with E-state index in [1.54, 1.807) is 30.6 Å². The molecule has 0 atom stereocenters. The lowest BCUT2D eigenvalue weighted by Crippen LogP contribution is -2.14. The van der Waals surface area contributed by atoms with Gasteiger partial charge in [-0.3, -0.25) is 4.79 Å². The first-order chi connectivity index (χ1) is 17.1. The molecule has 0 unspecified atom stereocenters. The minimum atomic E-state index is -0.324. The van der Waals surface area contributed by atoms with Crippen molar-refractivity contribution < 1.29 is 23.7 Å². The zero-order chi connectivity index (χ0) is 24.8. The van der Waals surface area contributed by atoms with Gasteiger partial charge >= 0.3 is 0 Å². The SMILES string of the molecule is CCOc1cc(C(=O)Nc2cc(-c3nc4ccccc4s3)ccc2OC)cc(OCC)c1OCC. The lowest BCUT2D eigenvalue weighted by molar-refractivity contribution is 0.102. The summed E-state index contributed by atoms with van der Waals surface area (Å²) < 4.78 is 23.9. The van der Waals surface area contributed by atoms with Crippen molar-refractivity contribution in [2.75, 3.05) is 32.2 Å². The molecule has 0 fully saturated rings. The average molecular weight is 493 g/mol. The molecule has 0 saturated carbocycles. The average Bonchev–Trinajstić information content (AvgIpc) is 3.30. The number of nitrogens with zero attached hydrogens (tertiary/aromatic N) is 1. The third-order valence-electron chi connectivity index (χ3n) is 5.16. The number of para-hydroxylation sites is 1. The molecule has 0 spiro atoms. The fourth-order valence-electron chi connectivity index (χ4n) is 3.65. The molecule has 1 heterocycles. The van der Waals surface area contributed by atoms with Crippen LogP contribution in [0.4, 0.5) is 5.69 Å². The summed E-state index contributed by atoms with van der Waals surface area (Å²) >= 11 is 1.60. The normalized spacial score (nSPS) is 10.7. The van der Waals surface area contributed by atoms with E-state index in [2.05, 4.69) is 5.32 Å². The highest BCUT2D eigenvalue weighted by molar-refractivity contribution is 7.21. The fourth-order valence-corrected chi connectivity index (χ4v) is 4.61. The number of carbonyl (C=O) groups excluding carboxylic acids is 1. The topological polar surface area (TPSA) is 78.9 Å². The Morgan fingerprint density at radius 2 is 1.57 bits per heavy atom. The second-order valence-electron chi connectivity index (χ2n) is 7.46. The molecule has 4 rings (SSSR count). The summed E-state index contributed by atoms with van der Waals surface area (Å²) in [5.74, 6) is 1.63. The Morgan fingerprint density at radius 3 is 2.20 bits per heavy atom. The summed E-state index contributed by atoms with van der Waals surface area (Å²) in [6, 6.07) is 16.9. The van der Waals surface area contributed by atoms with Gasteiger partial charge < -0.3 is 24.3 Å². The van der Waals surface area contributed by atoms with Crippen LogP contribution in [0.5, 0.6) is 23.0 Å². The lowest BCUT2D eigenvalue weighted by atomic mass is 10.1. The van der Waals surface area contributed by atoms with Gasteiger partial charge in [0.25, 0.3) is 5.91 Å². The Morgan fingerprint density at radius 1 is 0.886 bits per heavy atom. The summed E-state index contributed by atoms with van der Waals surface area (Å²) in [6.45, 7) is 6.93. The molecule has 0 aliphatic carbocycles. The summed E-state index contributed by atoms with van der Waals surface area (Å²) in [5, 5.41) is 3.84. The van der Waals surface area contributed by atoms with Crippen molar-refractivity contribution in [2.45, 2.75) is 20.8 Å². The Hall–Kier alpha value is -3.78. The Balaban J connectivity index is 1.69. The largest absolute Gasteiger partial charge is 0.495 e. The summed E-state index contributed by atoms with van der Waals surface area (Å²) in [6.07, 6.45) is 0. The van der Waals surface area contributed by atoms with Crippen molar-refractivity contribution in [3.05, 3.63) is 60.2 Å². The van der Waals surface area contributed by atoms with Crippen molar-refractivity contribution >= 4 is 33.1 Å². The van der Waals surface area contributed by atoms with Gasteiger partial charge in [0.1, 0.15) is 10.8 Å². The van der Waals surface area contributed by atoms with Crippen LogP contribution in [0.2, 0.25) is 0 Å². The van der Waals surface area contributed by atoms with Gasteiger partial charge in [-0.25, -0.2) is 4.98 Å². The van der Waals surface area contributed by atoms with Crippen LogP contribution in [-0.4, -0.2) is 37.8 Å². The van der Waals surface area contributed by atoms with Crippen LogP contribution in [0.3, 0.4) is 0 Å². The first kappa shape index (κ1) is 24.3. The molecule has 0 bridgehead atoms. The first-order valence-electron chi connectivity index (χ1n) is 11.5. The Kier molecular flexibility index (Phi) is 7.72. The van der Waals surface area contributed by atoms with E-state index in [1.807, 2.05) is 63.2 Å². The maximum absolute atomic E-state index is 13.3. The zero-order valence-electron chi connectivity index (χ0n) is 20.2. The van der Waals surface area contributed by atoms with E-state index >= 15 is 0 Å². The highest BCUT2D eigenvalue weighted by Crippen LogP contribution is 2.40. The molecule has 0 aliphatic heterocycles. The van der Waals surface area contributed by atoms with Gasteiger partial charge in [0, 0.05) is 11.1 Å². The molecule has 35 heavy (non-hydrogen) atoms. The van der Waals surface area contributed by atoms with Crippen molar-refractivity contribution in [3.8, 4) is 33.6 Å². The van der Waals surface area contributed by atoms with E-state index in [9.17, 15) is 4.79 Å². The highest BCUT2D eigenvalue weighted by atomic mass is 32.1. The molecule has 1 amide bonds. The van der Waals surface area contributed by atoms with Gasteiger partial charge in [0.15, 0.2) is 11.5 Å². The van der Waals surface area contributed by atoms with E-state index in [1.165, 1.54) is 0 Å². The van der Waals surface area contributed by atoms with Gasteiger partial charge in [-0.15, -0.1) is 11.3 Å². The number of methoxy groups -OCH3 is 1. The van der Waals surface area contributed by atoms with Crippen molar-refractivity contribution in [3.63, 3.8) is 0 Å². The van der Waals surface area contributed by atoms with Crippen LogP contribution in [0.1, 0.15) is 31.1 Å². The molecule has 182 valence electrons. The second-order valence-corrected chi connectivity index (χ2v) is 8.49. The third-order valence-corrected chi connectivity index (χ3v) is 6.25. The summed E-state index contributed by atoms with van der Waals surface area (Å²) in [4.78, 5) is 18.0. The molecule has 1 N–H and O–H groups in total. The number of aromatic nitrogens is 1. The molecule has 1 aromatic heterocycles. The Bertz CT molecular complexity index is 1270. The maximum atomic E-state index is 13.3. The van der Waals surface area contributed by atoms with Crippen LogP contribution >= 0.6 is 11.3 Å². The zero-order valence-corrected chi connectivity index (χ0v) is 21.0. The number of hydrogen-bond acceptors (Lipinski definition) is 7. The summed E-state index contributed by atoms with van der Waals surface area (Å²) in [5.41, 5.74) is 2.75. The van der Waals surface area contributed by atoms with E-state index < -0.39 is 0 Å². The molecular weight excluding hydrogens is 464 g/mol. The van der Waals surface area contributed by atoms with Crippen LogP contribution in [-0.2, 0) is 0 Å². The highest BCUT2D eigenvalue weighted by Gasteiger charge is 2.20. The number of benzene rings is 3. The molecule has 4 aromatic rings. The standard InChI is InChI=1S/C27H28N2O5S/c1-5-32-22-15-18(16-23(33-6-2)25(22)34-7-3)26(30)28-20-14-17(12-13-21(20)31-4)27-29-19-10-8-9-11-24(19)35-27/h8-16H,5-7H2,1-4H3,(H,28,30). The van der Waals surface area contributed by atoms with Gasteiger partial charge in [-0.2, -0.15) is 0 Å². The van der Waals surface area contributed by atoms with Crippen LogP contribution < -0.4 is 24.3 Å². The number of anilines is 1. The van der Waals surface area contributed by atoms with Crippen LogP contribution in [0.15, 0.2) is 54.6 Å². The predicted molar refractivity (Wildman–Crippen MR) is 140 cm³/mol. The molecule has 7 nitrogen and oxygen atoms in total. The van der Waals surface area contributed by atoms with E-state index in [0.29, 0.717) is 54.1 Å². The minimum absolute atomic E-state index is 0.324. The molecule has 3 aromatic carbocycles. The molecule has 8 heteroatoms. The van der Waals surface area contributed by atoms with Crippen LogP contribution in [0, 0.1) is 0 Å². The maximum Gasteiger partial charge on any atom is 0.256 e. The monoisotopic (exact) mass is 492 g/mol.